The molecule has 0 saturated carbocycles. The van der Waals surface area contributed by atoms with Crippen LogP contribution in [-0.2, 0) is 16.0 Å². The van der Waals surface area contributed by atoms with Crippen molar-refractivity contribution in [1.29, 1.82) is 0 Å². The lowest BCUT2D eigenvalue weighted by atomic mass is 10.0. The maximum absolute atomic E-state index is 12.7. The molecule has 0 atom stereocenters. The predicted molar refractivity (Wildman–Crippen MR) is 102 cm³/mol. The highest BCUT2D eigenvalue weighted by Gasteiger charge is 2.19. The molecule has 2 aromatic rings. The fourth-order valence-electron chi connectivity index (χ4n) is 2.03. The van der Waals surface area contributed by atoms with Gasteiger partial charge in [-0.3, -0.25) is 14.4 Å². The molecule has 0 aliphatic heterocycles. The smallest absolute Gasteiger partial charge is 0.313 e. The van der Waals surface area contributed by atoms with Gasteiger partial charge in [-0.2, -0.15) is 0 Å². The van der Waals surface area contributed by atoms with E-state index in [9.17, 15) is 14.4 Å². The van der Waals surface area contributed by atoms with Gasteiger partial charge in [0.15, 0.2) is 5.78 Å². The molecular weight excluding hydrogens is 382 g/mol. The van der Waals surface area contributed by atoms with Crippen LogP contribution >= 0.6 is 34.7 Å². The summed E-state index contributed by atoms with van der Waals surface area (Å²) in [5, 5.41) is 12.4. The van der Waals surface area contributed by atoms with Crippen LogP contribution in [0.1, 0.15) is 27.7 Å². The summed E-state index contributed by atoms with van der Waals surface area (Å²) in [6.07, 6.45) is 0.745. The van der Waals surface area contributed by atoms with E-state index in [0.717, 1.165) is 23.1 Å². The third-order valence-corrected chi connectivity index (χ3v) is 5.56. The van der Waals surface area contributed by atoms with Gasteiger partial charge in [0.2, 0.25) is 5.91 Å². The average molecular weight is 398 g/mol. The lowest BCUT2D eigenvalue weighted by molar-refractivity contribution is -0.133. The monoisotopic (exact) mass is 397 g/mol. The molecule has 0 bridgehead atoms. The van der Waals surface area contributed by atoms with Crippen molar-refractivity contribution in [2.24, 2.45) is 0 Å². The second kappa shape index (κ2) is 9.03. The Kier molecular flexibility index (Phi) is 7.04. The number of carboxylic acid groups (broad SMARTS) is 1. The quantitative estimate of drug-likeness (QED) is 0.659. The first-order valence-corrected chi connectivity index (χ1v) is 9.78. The summed E-state index contributed by atoms with van der Waals surface area (Å²) >= 11 is 8.21. The highest BCUT2D eigenvalue weighted by atomic mass is 35.5. The van der Waals surface area contributed by atoms with E-state index in [0.29, 0.717) is 21.2 Å². The Hall–Kier alpha value is -1.83. The molecule has 132 valence electrons. The number of hydrogen-bond donors (Lipinski definition) is 2. The van der Waals surface area contributed by atoms with Gasteiger partial charge in [-0.05, 0) is 36.8 Å². The minimum absolute atomic E-state index is 0.0141. The number of aryl methyl sites for hydroxylation is 1. The average Bonchev–Trinajstić information content (AvgIpc) is 2.97. The molecule has 1 aromatic heterocycles. The SMILES string of the molecule is CCc1cc(C(=O)c2ccc(Cl)cc2)c(NC(=O)CSCC(=O)O)s1. The molecule has 1 heterocycles. The van der Waals surface area contributed by atoms with E-state index in [1.54, 1.807) is 30.3 Å². The van der Waals surface area contributed by atoms with Gasteiger partial charge in [0.25, 0.3) is 0 Å². The largest absolute Gasteiger partial charge is 0.481 e. The number of amides is 1. The molecule has 2 N–H and O–H groups in total. The van der Waals surface area contributed by atoms with Crippen molar-refractivity contribution in [3.63, 3.8) is 0 Å². The zero-order chi connectivity index (χ0) is 18.4. The van der Waals surface area contributed by atoms with Gasteiger partial charge in [0.05, 0.1) is 17.1 Å². The summed E-state index contributed by atoms with van der Waals surface area (Å²) in [5.41, 5.74) is 0.918. The summed E-state index contributed by atoms with van der Waals surface area (Å²) in [6.45, 7) is 1.97. The molecule has 0 spiro atoms. The molecule has 1 amide bonds. The summed E-state index contributed by atoms with van der Waals surface area (Å²) in [7, 11) is 0. The highest BCUT2D eigenvalue weighted by molar-refractivity contribution is 8.00. The van der Waals surface area contributed by atoms with Crippen molar-refractivity contribution in [1.82, 2.24) is 0 Å². The van der Waals surface area contributed by atoms with Gasteiger partial charge in [-0.1, -0.05) is 18.5 Å². The van der Waals surface area contributed by atoms with Crippen LogP contribution in [0.4, 0.5) is 5.00 Å². The molecule has 1 aromatic carbocycles. The van der Waals surface area contributed by atoms with Gasteiger partial charge in [-0.15, -0.1) is 23.1 Å². The number of ketones is 1. The molecule has 8 heteroatoms. The van der Waals surface area contributed by atoms with Crippen LogP contribution in [0.3, 0.4) is 0 Å². The van der Waals surface area contributed by atoms with Gasteiger partial charge in [0, 0.05) is 15.5 Å². The number of halogens is 1. The van der Waals surface area contributed by atoms with Crippen LogP contribution in [0.15, 0.2) is 30.3 Å². The first-order valence-electron chi connectivity index (χ1n) is 7.43. The Labute approximate surface area is 158 Å². The zero-order valence-electron chi connectivity index (χ0n) is 13.4. The highest BCUT2D eigenvalue weighted by Crippen LogP contribution is 2.31. The van der Waals surface area contributed by atoms with Crippen molar-refractivity contribution in [3.05, 3.63) is 51.4 Å². The van der Waals surface area contributed by atoms with Crippen LogP contribution in [-0.4, -0.2) is 34.3 Å². The summed E-state index contributed by atoms with van der Waals surface area (Å²) in [5.74, 6) is -1.63. The van der Waals surface area contributed by atoms with E-state index < -0.39 is 5.97 Å². The van der Waals surface area contributed by atoms with Crippen LogP contribution in [0.2, 0.25) is 5.02 Å². The summed E-state index contributed by atoms with van der Waals surface area (Å²) in [6, 6.07) is 8.34. The van der Waals surface area contributed by atoms with Gasteiger partial charge in [0.1, 0.15) is 5.00 Å². The Morgan fingerprint density at radius 2 is 1.88 bits per heavy atom. The second-order valence-corrected chi connectivity index (χ2v) is 7.64. The predicted octanol–water partition coefficient (Wildman–Crippen LogP) is 3.95. The van der Waals surface area contributed by atoms with Crippen LogP contribution in [0.25, 0.3) is 0 Å². The van der Waals surface area contributed by atoms with Crippen molar-refractivity contribution in [2.45, 2.75) is 13.3 Å². The van der Waals surface area contributed by atoms with Crippen LogP contribution in [0, 0.1) is 0 Å². The molecule has 2 rings (SSSR count). The first kappa shape index (κ1) is 19.5. The van der Waals surface area contributed by atoms with E-state index in [-0.39, 0.29) is 23.2 Å². The second-order valence-electron chi connectivity index (χ2n) is 5.08. The number of carboxylic acids is 1. The fraction of sp³-hybridized carbons (Fsp3) is 0.235. The molecule has 0 saturated heterocycles. The van der Waals surface area contributed by atoms with Crippen LogP contribution in [0.5, 0.6) is 0 Å². The molecular formula is C17H16ClNO4S2. The minimum atomic E-state index is -0.971. The molecule has 0 unspecified atom stereocenters. The topological polar surface area (TPSA) is 83.5 Å². The van der Waals surface area contributed by atoms with Gasteiger partial charge in [-0.25, -0.2) is 0 Å². The minimum Gasteiger partial charge on any atom is -0.481 e. The van der Waals surface area contributed by atoms with Crippen molar-refractivity contribution >= 4 is 57.4 Å². The number of benzene rings is 1. The molecule has 25 heavy (non-hydrogen) atoms. The van der Waals surface area contributed by atoms with Gasteiger partial charge >= 0.3 is 5.97 Å². The number of nitrogens with one attached hydrogen (secondary N) is 1. The lowest BCUT2D eigenvalue weighted by Gasteiger charge is -2.06. The van der Waals surface area contributed by atoms with Crippen molar-refractivity contribution in [2.75, 3.05) is 16.8 Å². The Balaban J connectivity index is 2.16. The Morgan fingerprint density at radius 1 is 1.20 bits per heavy atom. The number of carbonyl (C=O) groups excluding carboxylic acids is 2. The Bertz CT molecular complexity index is 786. The number of aliphatic carboxylic acids is 1. The number of hydrogen-bond acceptors (Lipinski definition) is 5. The molecule has 5 nitrogen and oxygen atoms in total. The number of thioether (sulfide) groups is 1. The van der Waals surface area contributed by atoms with E-state index in [2.05, 4.69) is 5.32 Å². The Morgan fingerprint density at radius 3 is 2.48 bits per heavy atom. The number of anilines is 1. The normalized spacial score (nSPS) is 10.5. The molecule has 0 fully saturated rings. The van der Waals surface area contributed by atoms with Gasteiger partial charge < -0.3 is 10.4 Å². The van der Waals surface area contributed by atoms with E-state index in [1.165, 1.54) is 11.3 Å². The van der Waals surface area contributed by atoms with Crippen LogP contribution < -0.4 is 5.32 Å². The van der Waals surface area contributed by atoms with Crippen molar-refractivity contribution in [3.8, 4) is 0 Å². The zero-order valence-corrected chi connectivity index (χ0v) is 15.8. The fourth-order valence-corrected chi connectivity index (χ4v) is 3.70. The first-order chi connectivity index (χ1) is 11.9. The standard InChI is InChI=1S/C17H16ClNO4S2/c1-2-12-7-13(16(23)10-3-5-11(18)6-4-10)17(25-12)19-14(20)8-24-9-15(21)22/h3-7H,2,8-9H2,1H3,(H,19,20)(H,21,22). The summed E-state index contributed by atoms with van der Waals surface area (Å²) < 4.78 is 0. The molecule has 0 radical (unpaired) electrons. The van der Waals surface area contributed by atoms with E-state index in [1.807, 2.05) is 6.92 Å². The van der Waals surface area contributed by atoms with E-state index >= 15 is 0 Å². The lowest BCUT2D eigenvalue weighted by Crippen LogP contribution is -2.16. The number of rotatable bonds is 8. The van der Waals surface area contributed by atoms with Crippen molar-refractivity contribution < 1.29 is 19.5 Å². The summed E-state index contributed by atoms with van der Waals surface area (Å²) in [4.78, 5) is 36.2. The third kappa shape index (κ3) is 5.59. The number of thiophene rings is 1. The molecule has 0 aliphatic rings. The third-order valence-electron chi connectivity index (χ3n) is 3.19. The molecule has 0 aliphatic carbocycles. The van der Waals surface area contributed by atoms with E-state index in [4.69, 9.17) is 16.7 Å². The maximum Gasteiger partial charge on any atom is 0.313 e. The number of carbonyl (C=O) groups is 3. The maximum atomic E-state index is 12.7.